The van der Waals surface area contributed by atoms with E-state index in [1.165, 1.54) is 12.8 Å². The molecule has 1 aromatic rings. The maximum Gasteiger partial charge on any atom is 0.119 e. The molecule has 1 aromatic heterocycles. The zero-order valence-corrected chi connectivity index (χ0v) is 9.36. The van der Waals surface area contributed by atoms with Crippen molar-refractivity contribution in [2.24, 2.45) is 0 Å². The topological polar surface area (TPSA) is 25.2 Å². The number of rotatable bonds is 2. The standard InChI is InChI=1S/C10H14BrNO/c1-10(4-2-5-12-10)7-9-8(11)3-6-13-9/h3,6,12H,2,4-5,7H2,1H3. The molecule has 2 nitrogen and oxygen atoms in total. The second-order valence-electron chi connectivity index (χ2n) is 3.96. The zero-order chi connectivity index (χ0) is 9.31. The van der Waals surface area contributed by atoms with E-state index in [1.807, 2.05) is 6.07 Å². The van der Waals surface area contributed by atoms with Crippen molar-refractivity contribution in [1.29, 1.82) is 0 Å². The summed E-state index contributed by atoms with van der Waals surface area (Å²) in [7, 11) is 0. The van der Waals surface area contributed by atoms with E-state index in [2.05, 4.69) is 28.2 Å². The summed E-state index contributed by atoms with van der Waals surface area (Å²) in [4.78, 5) is 0. The largest absolute Gasteiger partial charge is 0.468 e. The first-order chi connectivity index (χ1) is 6.20. The third-order valence-electron chi connectivity index (χ3n) is 2.70. The predicted molar refractivity (Wildman–Crippen MR) is 55.8 cm³/mol. The first-order valence-corrected chi connectivity index (χ1v) is 5.46. The number of furan rings is 1. The van der Waals surface area contributed by atoms with Gasteiger partial charge in [-0.1, -0.05) is 0 Å². The second-order valence-corrected chi connectivity index (χ2v) is 4.81. The van der Waals surface area contributed by atoms with Crippen LogP contribution in [0.5, 0.6) is 0 Å². The third-order valence-corrected chi connectivity index (χ3v) is 3.41. The Balaban J connectivity index is 2.09. The molecule has 1 N–H and O–H groups in total. The molecule has 1 aliphatic heterocycles. The van der Waals surface area contributed by atoms with Crippen LogP contribution in [0.25, 0.3) is 0 Å². The molecule has 1 aliphatic rings. The Morgan fingerprint density at radius 2 is 2.54 bits per heavy atom. The molecule has 0 saturated carbocycles. The molecule has 1 atom stereocenters. The van der Waals surface area contributed by atoms with Gasteiger partial charge in [-0.05, 0) is 48.3 Å². The van der Waals surface area contributed by atoms with E-state index in [4.69, 9.17) is 4.42 Å². The quantitative estimate of drug-likeness (QED) is 0.865. The third kappa shape index (κ3) is 1.97. The molecule has 0 radical (unpaired) electrons. The van der Waals surface area contributed by atoms with Gasteiger partial charge < -0.3 is 9.73 Å². The fraction of sp³-hybridized carbons (Fsp3) is 0.600. The molecule has 3 heteroatoms. The van der Waals surface area contributed by atoms with E-state index in [-0.39, 0.29) is 5.54 Å². The SMILES string of the molecule is CC1(Cc2occc2Br)CCCN1. The van der Waals surface area contributed by atoms with Crippen molar-refractivity contribution >= 4 is 15.9 Å². The monoisotopic (exact) mass is 243 g/mol. The summed E-state index contributed by atoms with van der Waals surface area (Å²) in [6.45, 7) is 3.39. The fourth-order valence-electron chi connectivity index (χ4n) is 1.91. The van der Waals surface area contributed by atoms with Gasteiger partial charge in [0, 0.05) is 12.0 Å². The molecular weight excluding hydrogens is 230 g/mol. The van der Waals surface area contributed by atoms with Crippen LogP contribution in [0.2, 0.25) is 0 Å². The van der Waals surface area contributed by atoms with Crippen molar-refractivity contribution in [2.45, 2.75) is 31.7 Å². The van der Waals surface area contributed by atoms with Crippen LogP contribution in [0.15, 0.2) is 21.2 Å². The maximum absolute atomic E-state index is 5.40. The average molecular weight is 244 g/mol. The lowest BCUT2D eigenvalue weighted by atomic mass is 9.95. The smallest absolute Gasteiger partial charge is 0.119 e. The van der Waals surface area contributed by atoms with Crippen LogP contribution in [0.3, 0.4) is 0 Å². The lowest BCUT2D eigenvalue weighted by Gasteiger charge is -2.22. The molecule has 1 saturated heterocycles. The molecular formula is C10H14BrNO. The van der Waals surface area contributed by atoms with Gasteiger partial charge in [0.25, 0.3) is 0 Å². The van der Waals surface area contributed by atoms with Crippen molar-refractivity contribution in [3.63, 3.8) is 0 Å². The lowest BCUT2D eigenvalue weighted by Crippen LogP contribution is -2.38. The van der Waals surface area contributed by atoms with Gasteiger partial charge in [-0.2, -0.15) is 0 Å². The molecule has 0 amide bonds. The van der Waals surface area contributed by atoms with Crippen LogP contribution in [-0.4, -0.2) is 12.1 Å². The van der Waals surface area contributed by atoms with Gasteiger partial charge in [-0.25, -0.2) is 0 Å². The summed E-state index contributed by atoms with van der Waals surface area (Å²) < 4.78 is 6.49. The van der Waals surface area contributed by atoms with Crippen molar-refractivity contribution in [3.8, 4) is 0 Å². The van der Waals surface area contributed by atoms with Gasteiger partial charge in [0.05, 0.1) is 10.7 Å². The van der Waals surface area contributed by atoms with Crippen molar-refractivity contribution in [3.05, 3.63) is 22.6 Å². The molecule has 72 valence electrons. The number of hydrogen-bond donors (Lipinski definition) is 1. The highest BCUT2D eigenvalue weighted by molar-refractivity contribution is 9.10. The maximum atomic E-state index is 5.40. The molecule has 2 heterocycles. The summed E-state index contributed by atoms with van der Waals surface area (Å²) in [5.41, 5.74) is 0.236. The minimum Gasteiger partial charge on any atom is -0.468 e. The normalized spacial score (nSPS) is 28.2. The summed E-state index contributed by atoms with van der Waals surface area (Å²) in [5, 5.41) is 3.52. The van der Waals surface area contributed by atoms with E-state index in [0.717, 1.165) is 23.2 Å². The molecule has 1 fully saturated rings. The van der Waals surface area contributed by atoms with E-state index in [1.54, 1.807) is 6.26 Å². The summed E-state index contributed by atoms with van der Waals surface area (Å²) >= 11 is 3.48. The Kier molecular flexibility index (Phi) is 2.47. The highest BCUT2D eigenvalue weighted by Crippen LogP contribution is 2.27. The van der Waals surface area contributed by atoms with Crippen LogP contribution in [0, 0.1) is 0 Å². The van der Waals surface area contributed by atoms with Crippen molar-refractivity contribution < 1.29 is 4.42 Å². The molecule has 0 aromatic carbocycles. The highest BCUT2D eigenvalue weighted by Gasteiger charge is 2.29. The van der Waals surface area contributed by atoms with Gasteiger partial charge in [-0.15, -0.1) is 0 Å². The Morgan fingerprint density at radius 3 is 3.08 bits per heavy atom. The minimum absolute atomic E-state index is 0.236. The van der Waals surface area contributed by atoms with Gasteiger partial charge >= 0.3 is 0 Å². The molecule has 0 aliphatic carbocycles. The molecule has 0 bridgehead atoms. The van der Waals surface area contributed by atoms with Crippen LogP contribution in [0.4, 0.5) is 0 Å². The zero-order valence-electron chi connectivity index (χ0n) is 7.77. The van der Waals surface area contributed by atoms with Crippen molar-refractivity contribution in [2.75, 3.05) is 6.54 Å². The summed E-state index contributed by atoms with van der Waals surface area (Å²) in [5.74, 6) is 1.05. The van der Waals surface area contributed by atoms with Gasteiger partial charge in [0.2, 0.25) is 0 Å². The Hall–Kier alpha value is -0.280. The first-order valence-electron chi connectivity index (χ1n) is 4.67. The fourth-order valence-corrected chi connectivity index (χ4v) is 2.26. The van der Waals surface area contributed by atoms with Gasteiger partial charge in [0.15, 0.2) is 0 Å². The van der Waals surface area contributed by atoms with E-state index in [0.29, 0.717) is 0 Å². The van der Waals surface area contributed by atoms with Crippen LogP contribution >= 0.6 is 15.9 Å². The van der Waals surface area contributed by atoms with E-state index >= 15 is 0 Å². The minimum atomic E-state index is 0.236. The number of halogens is 1. The highest BCUT2D eigenvalue weighted by atomic mass is 79.9. The molecule has 0 spiro atoms. The van der Waals surface area contributed by atoms with Crippen LogP contribution in [0.1, 0.15) is 25.5 Å². The van der Waals surface area contributed by atoms with Crippen LogP contribution in [-0.2, 0) is 6.42 Å². The number of hydrogen-bond acceptors (Lipinski definition) is 2. The van der Waals surface area contributed by atoms with Gasteiger partial charge in [0.1, 0.15) is 5.76 Å². The average Bonchev–Trinajstić information content (AvgIpc) is 2.64. The Labute approximate surface area is 86.8 Å². The predicted octanol–water partition coefficient (Wildman–Crippen LogP) is 2.73. The number of nitrogens with one attached hydrogen (secondary N) is 1. The summed E-state index contributed by atoms with van der Waals surface area (Å²) in [6.07, 6.45) is 5.22. The second kappa shape index (κ2) is 3.46. The van der Waals surface area contributed by atoms with Crippen molar-refractivity contribution in [1.82, 2.24) is 5.32 Å². The lowest BCUT2D eigenvalue weighted by molar-refractivity contribution is 0.368. The summed E-state index contributed by atoms with van der Waals surface area (Å²) in [6, 6.07) is 1.95. The van der Waals surface area contributed by atoms with Crippen LogP contribution < -0.4 is 5.32 Å². The first kappa shape index (κ1) is 9.28. The van der Waals surface area contributed by atoms with Gasteiger partial charge in [-0.3, -0.25) is 0 Å². The van der Waals surface area contributed by atoms with E-state index in [9.17, 15) is 0 Å². The van der Waals surface area contributed by atoms with E-state index < -0.39 is 0 Å². The molecule has 2 rings (SSSR count). The Bertz CT molecular complexity index is 289. The Morgan fingerprint density at radius 1 is 1.69 bits per heavy atom. The molecule has 1 unspecified atom stereocenters. The molecule has 13 heavy (non-hydrogen) atoms.